The van der Waals surface area contributed by atoms with E-state index in [9.17, 15) is 4.79 Å². The van der Waals surface area contributed by atoms with E-state index in [-0.39, 0.29) is 17.2 Å². The first kappa shape index (κ1) is 17.6. The van der Waals surface area contributed by atoms with E-state index in [0.29, 0.717) is 29.7 Å². The molecule has 152 valence electrons. The Balaban J connectivity index is 1.43. The van der Waals surface area contributed by atoms with E-state index < -0.39 is 6.04 Å². The molecule has 0 radical (unpaired) electrons. The molecule has 10 heteroatoms. The van der Waals surface area contributed by atoms with Crippen molar-refractivity contribution in [2.75, 3.05) is 6.54 Å². The maximum atomic E-state index is 13.4. The van der Waals surface area contributed by atoms with Gasteiger partial charge in [-0.2, -0.15) is 5.10 Å². The van der Waals surface area contributed by atoms with E-state index in [0.717, 1.165) is 29.7 Å². The van der Waals surface area contributed by atoms with Crippen LogP contribution in [0.2, 0.25) is 5.15 Å². The standard InChI is InChI=1S/C20H18ClN7O2/c1-20(6-7-20)19-25-24-17(30-19)18(29)27-8-5-12-15(23-10-22-12)16(27)13-9-11-3-2-4-14(21)28(11)26-13/h2-4,9-10,16H,5-8H2,1H3,(H,22,23)/t16-/m0/s1. The number of halogens is 1. The minimum atomic E-state index is -0.477. The van der Waals surface area contributed by atoms with Gasteiger partial charge in [0.1, 0.15) is 11.2 Å². The molecule has 1 amide bonds. The Morgan fingerprint density at radius 1 is 1.33 bits per heavy atom. The highest BCUT2D eigenvalue weighted by Crippen LogP contribution is 2.47. The number of rotatable bonds is 3. The highest BCUT2D eigenvalue weighted by atomic mass is 35.5. The average Bonchev–Trinajstić information content (AvgIpc) is 3.21. The number of aromatic amines is 1. The van der Waals surface area contributed by atoms with Crippen LogP contribution >= 0.6 is 11.6 Å². The number of H-pyrrole nitrogens is 1. The zero-order valence-electron chi connectivity index (χ0n) is 16.2. The SMILES string of the molecule is CC1(c2nnc(C(=O)N3CCc4[nH]cnc4[C@@H]3c3cc4cccc(Cl)n4n3)o2)CC1. The number of carbonyl (C=O) groups excluding carboxylic acids is 1. The van der Waals surface area contributed by atoms with E-state index in [2.05, 4.69) is 32.2 Å². The second kappa shape index (κ2) is 6.15. The summed E-state index contributed by atoms with van der Waals surface area (Å²) < 4.78 is 7.42. The van der Waals surface area contributed by atoms with Gasteiger partial charge in [0.15, 0.2) is 0 Å². The largest absolute Gasteiger partial charge is 0.416 e. The quantitative estimate of drug-likeness (QED) is 0.508. The Hall–Kier alpha value is -3.20. The Morgan fingerprint density at radius 3 is 3.00 bits per heavy atom. The number of amides is 1. The van der Waals surface area contributed by atoms with Gasteiger partial charge in [-0.15, -0.1) is 10.2 Å². The van der Waals surface area contributed by atoms with Crippen LogP contribution in [0.25, 0.3) is 5.52 Å². The number of aromatic nitrogens is 6. The highest BCUT2D eigenvalue weighted by Gasteiger charge is 2.45. The summed E-state index contributed by atoms with van der Waals surface area (Å²) in [6.07, 6.45) is 4.29. The summed E-state index contributed by atoms with van der Waals surface area (Å²) in [6, 6.07) is 7.00. The molecule has 1 fully saturated rings. The van der Waals surface area contributed by atoms with Crippen molar-refractivity contribution in [1.82, 2.24) is 34.7 Å². The molecule has 0 saturated heterocycles. The van der Waals surface area contributed by atoms with Gasteiger partial charge in [-0.05, 0) is 31.0 Å². The molecule has 9 nitrogen and oxygen atoms in total. The van der Waals surface area contributed by atoms with Gasteiger partial charge in [0, 0.05) is 24.1 Å². The molecule has 0 spiro atoms. The fourth-order valence-corrected chi connectivity index (χ4v) is 4.22. The van der Waals surface area contributed by atoms with Crippen LogP contribution in [0.5, 0.6) is 0 Å². The van der Waals surface area contributed by atoms with Crippen molar-refractivity contribution in [3.8, 4) is 0 Å². The topological polar surface area (TPSA) is 105 Å². The predicted octanol–water partition coefficient (Wildman–Crippen LogP) is 2.93. The van der Waals surface area contributed by atoms with E-state index >= 15 is 0 Å². The van der Waals surface area contributed by atoms with Crippen molar-refractivity contribution in [2.45, 2.75) is 37.6 Å². The molecule has 30 heavy (non-hydrogen) atoms. The van der Waals surface area contributed by atoms with Crippen molar-refractivity contribution in [3.63, 3.8) is 0 Å². The molecule has 1 aliphatic heterocycles. The first-order chi connectivity index (χ1) is 14.5. The van der Waals surface area contributed by atoms with Crippen LogP contribution in [0.1, 0.15) is 59.5 Å². The first-order valence-corrected chi connectivity index (χ1v) is 10.2. The smallest absolute Gasteiger partial charge is 0.312 e. The van der Waals surface area contributed by atoms with Crippen LogP contribution < -0.4 is 0 Å². The van der Waals surface area contributed by atoms with Crippen LogP contribution in [-0.2, 0) is 11.8 Å². The van der Waals surface area contributed by atoms with Crippen molar-refractivity contribution >= 4 is 23.0 Å². The molecular weight excluding hydrogens is 406 g/mol. The van der Waals surface area contributed by atoms with Gasteiger partial charge in [0.05, 0.1) is 23.2 Å². The van der Waals surface area contributed by atoms with Crippen LogP contribution in [0.15, 0.2) is 35.0 Å². The normalized spacial score (nSPS) is 19.8. The molecule has 1 saturated carbocycles. The van der Waals surface area contributed by atoms with Crippen molar-refractivity contribution in [2.24, 2.45) is 0 Å². The van der Waals surface area contributed by atoms with Gasteiger partial charge >= 0.3 is 11.8 Å². The fourth-order valence-electron chi connectivity index (χ4n) is 4.01. The molecular formula is C20H18ClN7O2. The lowest BCUT2D eigenvalue weighted by Gasteiger charge is -2.32. The Bertz CT molecular complexity index is 1290. The number of nitrogens with zero attached hydrogens (tertiary/aromatic N) is 6. The second-order valence-corrected chi connectivity index (χ2v) is 8.53. The highest BCUT2D eigenvalue weighted by molar-refractivity contribution is 6.29. The molecule has 1 aliphatic carbocycles. The summed E-state index contributed by atoms with van der Waals surface area (Å²) in [7, 11) is 0. The van der Waals surface area contributed by atoms with E-state index in [1.165, 1.54) is 0 Å². The van der Waals surface area contributed by atoms with Crippen molar-refractivity contribution in [3.05, 3.63) is 64.6 Å². The lowest BCUT2D eigenvalue weighted by Crippen LogP contribution is -2.41. The molecule has 1 atom stereocenters. The third kappa shape index (κ3) is 2.58. The molecule has 4 aromatic heterocycles. The Kier molecular flexibility index (Phi) is 3.62. The minimum Gasteiger partial charge on any atom is -0.416 e. The molecule has 5 heterocycles. The molecule has 4 aromatic rings. The summed E-state index contributed by atoms with van der Waals surface area (Å²) in [4.78, 5) is 22.8. The third-order valence-corrected chi connectivity index (χ3v) is 6.34. The number of pyridine rings is 1. The summed E-state index contributed by atoms with van der Waals surface area (Å²) >= 11 is 6.30. The zero-order chi connectivity index (χ0) is 20.5. The molecule has 0 unspecified atom stereocenters. The maximum absolute atomic E-state index is 13.4. The lowest BCUT2D eigenvalue weighted by atomic mass is 9.99. The van der Waals surface area contributed by atoms with Gasteiger partial charge in [-0.1, -0.05) is 24.6 Å². The molecule has 6 rings (SSSR count). The van der Waals surface area contributed by atoms with Crippen LogP contribution in [0, 0.1) is 0 Å². The summed E-state index contributed by atoms with van der Waals surface area (Å²) in [5.74, 6) is 0.211. The Morgan fingerprint density at radius 2 is 2.20 bits per heavy atom. The predicted molar refractivity (Wildman–Crippen MR) is 106 cm³/mol. The summed E-state index contributed by atoms with van der Waals surface area (Å²) in [5.41, 5.74) is 3.18. The monoisotopic (exact) mass is 423 g/mol. The molecule has 0 aromatic carbocycles. The second-order valence-electron chi connectivity index (χ2n) is 8.14. The minimum absolute atomic E-state index is 0.00362. The zero-order valence-corrected chi connectivity index (χ0v) is 16.9. The third-order valence-electron chi connectivity index (χ3n) is 6.05. The van der Waals surface area contributed by atoms with Gasteiger partial charge in [-0.3, -0.25) is 4.79 Å². The van der Waals surface area contributed by atoms with Gasteiger partial charge in [0.25, 0.3) is 0 Å². The van der Waals surface area contributed by atoms with Crippen molar-refractivity contribution in [1.29, 1.82) is 0 Å². The lowest BCUT2D eigenvalue weighted by molar-refractivity contribution is 0.0643. The number of imidazole rings is 1. The number of carbonyl (C=O) groups is 1. The fraction of sp³-hybridized carbons (Fsp3) is 0.350. The van der Waals surface area contributed by atoms with E-state index in [4.69, 9.17) is 16.0 Å². The van der Waals surface area contributed by atoms with E-state index in [1.807, 2.05) is 18.2 Å². The van der Waals surface area contributed by atoms with E-state index in [1.54, 1.807) is 21.8 Å². The number of fused-ring (bicyclic) bond motifs is 2. The maximum Gasteiger partial charge on any atom is 0.312 e. The van der Waals surface area contributed by atoms with Gasteiger partial charge < -0.3 is 14.3 Å². The Labute approximate surface area is 176 Å². The first-order valence-electron chi connectivity index (χ1n) is 9.85. The average molecular weight is 424 g/mol. The van der Waals surface area contributed by atoms with Crippen LogP contribution in [0.4, 0.5) is 0 Å². The number of nitrogens with one attached hydrogen (secondary N) is 1. The van der Waals surface area contributed by atoms with Gasteiger partial charge in [-0.25, -0.2) is 9.50 Å². The van der Waals surface area contributed by atoms with Crippen LogP contribution in [0.3, 0.4) is 0 Å². The summed E-state index contributed by atoms with van der Waals surface area (Å²) in [6.45, 7) is 2.55. The van der Waals surface area contributed by atoms with Crippen molar-refractivity contribution < 1.29 is 9.21 Å². The molecule has 1 N–H and O–H groups in total. The number of hydrogen-bond donors (Lipinski definition) is 1. The summed E-state index contributed by atoms with van der Waals surface area (Å²) in [5, 5.41) is 13.3. The molecule has 2 aliphatic rings. The van der Waals surface area contributed by atoms with Crippen LogP contribution in [-0.4, -0.2) is 47.1 Å². The van der Waals surface area contributed by atoms with Gasteiger partial charge in [0.2, 0.25) is 5.89 Å². The number of hydrogen-bond acceptors (Lipinski definition) is 6. The molecule has 0 bridgehead atoms.